The topological polar surface area (TPSA) is 78.4 Å². The molecule has 0 aromatic heterocycles. The summed E-state index contributed by atoms with van der Waals surface area (Å²) in [5.74, 6) is -1.36. The molecule has 1 aromatic carbocycles. The third-order valence-corrected chi connectivity index (χ3v) is 3.07. The summed E-state index contributed by atoms with van der Waals surface area (Å²) in [5.41, 5.74) is -0.853. The number of aliphatic carboxylic acids is 1. The molecule has 3 N–H and O–H groups in total. The fraction of sp³-hybridized carbons (Fsp3) is 0.467. The Balaban J connectivity index is 2.73. The van der Waals surface area contributed by atoms with E-state index in [1.165, 1.54) is 6.92 Å². The molecule has 1 aromatic rings. The molecular formula is C15H22N2O3. The van der Waals surface area contributed by atoms with Crippen molar-refractivity contribution in [2.24, 2.45) is 0 Å². The molecule has 0 aliphatic rings. The zero-order chi connectivity index (χ0) is 15.2. The van der Waals surface area contributed by atoms with Gasteiger partial charge in [0.05, 0.1) is 0 Å². The molecule has 0 aliphatic heterocycles. The van der Waals surface area contributed by atoms with E-state index in [4.69, 9.17) is 0 Å². The van der Waals surface area contributed by atoms with Crippen molar-refractivity contribution < 1.29 is 14.7 Å². The van der Waals surface area contributed by atoms with Crippen LogP contribution in [0.4, 0.5) is 0 Å². The minimum absolute atomic E-state index is 0.244. The van der Waals surface area contributed by atoms with Gasteiger partial charge in [-0.1, -0.05) is 44.2 Å². The van der Waals surface area contributed by atoms with Gasteiger partial charge in [0, 0.05) is 19.0 Å². The molecule has 1 amide bonds. The second-order valence-corrected chi connectivity index (χ2v) is 5.20. The fourth-order valence-corrected chi connectivity index (χ4v) is 1.84. The van der Waals surface area contributed by atoms with Crippen LogP contribution in [0.25, 0.3) is 0 Å². The molecule has 0 spiro atoms. The van der Waals surface area contributed by atoms with Gasteiger partial charge in [-0.3, -0.25) is 4.79 Å². The third-order valence-electron chi connectivity index (χ3n) is 3.07. The maximum Gasteiger partial charge on any atom is 0.333 e. The highest BCUT2D eigenvalue weighted by atomic mass is 16.4. The summed E-state index contributed by atoms with van der Waals surface area (Å²) >= 11 is 0. The number of carboxylic acid groups (broad SMARTS) is 1. The van der Waals surface area contributed by atoms with Crippen molar-refractivity contribution in [2.45, 2.75) is 38.8 Å². The van der Waals surface area contributed by atoms with E-state index in [1.54, 1.807) is 30.3 Å². The Kier molecular flexibility index (Phi) is 5.70. The highest BCUT2D eigenvalue weighted by Gasteiger charge is 2.36. The van der Waals surface area contributed by atoms with Gasteiger partial charge in [0.1, 0.15) is 0 Å². The lowest BCUT2D eigenvalue weighted by Gasteiger charge is -2.27. The van der Waals surface area contributed by atoms with Gasteiger partial charge in [0.25, 0.3) is 0 Å². The Morgan fingerprint density at radius 3 is 2.35 bits per heavy atom. The summed E-state index contributed by atoms with van der Waals surface area (Å²) in [5, 5.41) is 15.1. The molecule has 0 heterocycles. The van der Waals surface area contributed by atoms with Crippen molar-refractivity contribution in [3.8, 4) is 0 Å². The molecule has 5 heteroatoms. The quantitative estimate of drug-likeness (QED) is 0.706. The normalized spacial score (nSPS) is 13.8. The van der Waals surface area contributed by atoms with Crippen molar-refractivity contribution in [1.82, 2.24) is 10.6 Å². The van der Waals surface area contributed by atoms with Crippen LogP contribution in [-0.4, -0.2) is 29.6 Å². The molecule has 0 fully saturated rings. The lowest BCUT2D eigenvalue weighted by atomic mass is 9.92. The Morgan fingerprint density at radius 2 is 1.85 bits per heavy atom. The predicted molar refractivity (Wildman–Crippen MR) is 77.3 cm³/mol. The van der Waals surface area contributed by atoms with Crippen molar-refractivity contribution in [1.29, 1.82) is 0 Å². The van der Waals surface area contributed by atoms with Crippen LogP contribution in [0.1, 0.15) is 32.8 Å². The van der Waals surface area contributed by atoms with E-state index in [-0.39, 0.29) is 12.3 Å². The second-order valence-electron chi connectivity index (χ2n) is 5.20. The third kappa shape index (κ3) is 4.35. The molecule has 110 valence electrons. The Bertz CT molecular complexity index is 459. The number of amides is 1. The first kappa shape index (κ1) is 16.2. The van der Waals surface area contributed by atoms with Crippen molar-refractivity contribution in [2.75, 3.05) is 6.54 Å². The molecule has 20 heavy (non-hydrogen) atoms. The Labute approximate surface area is 119 Å². The van der Waals surface area contributed by atoms with E-state index in [2.05, 4.69) is 10.6 Å². The first-order chi connectivity index (χ1) is 9.36. The summed E-state index contributed by atoms with van der Waals surface area (Å²) < 4.78 is 0. The van der Waals surface area contributed by atoms with Crippen LogP contribution in [0.5, 0.6) is 0 Å². The number of nitrogens with one attached hydrogen (secondary N) is 2. The van der Waals surface area contributed by atoms with Crippen LogP contribution >= 0.6 is 0 Å². The molecule has 1 unspecified atom stereocenters. The maximum atomic E-state index is 11.9. The van der Waals surface area contributed by atoms with Crippen LogP contribution < -0.4 is 10.6 Å². The van der Waals surface area contributed by atoms with Crippen LogP contribution in [0.3, 0.4) is 0 Å². The average molecular weight is 278 g/mol. The van der Waals surface area contributed by atoms with E-state index in [0.717, 1.165) is 0 Å². The number of carbonyl (C=O) groups is 2. The highest BCUT2D eigenvalue weighted by molar-refractivity contribution is 5.87. The summed E-state index contributed by atoms with van der Waals surface area (Å²) in [6, 6.07) is 9.00. The molecule has 0 saturated carbocycles. The van der Waals surface area contributed by atoms with Gasteiger partial charge in [-0.25, -0.2) is 4.79 Å². The van der Waals surface area contributed by atoms with Crippen molar-refractivity contribution in [3.05, 3.63) is 35.9 Å². The largest absolute Gasteiger partial charge is 0.479 e. The molecule has 5 nitrogen and oxygen atoms in total. The molecule has 0 aliphatic carbocycles. The Morgan fingerprint density at radius 1 is 1.25 bits per heavy atom. The monoisotopic (exact) mass is 278 g/mol. The van der Waals surface area contributed by atoms with Gasteiger partial charge in [0.15, 0.2) is 5.54 Å². The number of carboxylic acids is 1. The summed E-state index contributed by atoms with van der Waals surface area (Å²) in [6.07, 6.45) is 0.244. The number of benzene rings is 1. The van der Waals surface area contributed by atoms with E-state index in [1.807, 2.05) is 13.8 Å². The second kappa shape index (κ2) is 7.05. The van der Waals surface area contributed by atoms with Gasteiger partial charge in [-0.2, -0.15) is 0 Å². The molecule has 1 rings (SSSR count). The molecule has 0 bridgehead atoms. The van der Waals surface area contributed by atoms with Gasteiger partial charge >= 0.3 is 5.97 Å². The fourth-order valence-electron chi connectivity index (χ4n) is 1.84. The van der Waals surface area contributed by atoms with Crippen LogP contribution in [0.2, 0.25) is 0 Å². The van der Waals surface area contributed by atoms with Gasteiger partial charge in [0.2, 0.25) is 5.91 Å². The molecule has 0 saturated heterocycles. The number of rotatable bonds is 7. The lowest BCUT2D eigenvalue weighted by Crippen LogP contribution is -2.50. The average Bonchev–Trinajstić information content (AvgIpc) is 2.38. The first-order valence-corrected chi connectivity index (χ1v) is 6.69. The number of hydrogen-bond acceptors (Lipinski definition) is 3. The number of carbonyl (C=O) groups excluding carboxylic acids is 1. The van der Waals surface area contributed by atoms with E-state index in [0.29, 0.717) is 18.2 Å². The SMILES string of the molecule is CC(C)NCCC(=O)NC(C)(C(=O)O)c1ccccc1. The summed E-state index contributed by atoms with van der Waals surface area (Å²) in [7, 11) is 0. The minimum atomic E-state index is -1.41. The van der Waals surface area contributed by atoms with Gasteiger partial charge in [-0.15, -0.1) is 0 Å². The Hall–Kier alpha value is -1.88. The predicted octanol–water partition coefficient (Wildman–Crippen LogP) is 1.49. The molecule has 0 radical (unpaired) electrons. The summed E-state index contributed by atoms with van der Waals surface area (Å²) in [4.78, 5) is 23.4. The van der Waals surface area contributed by atoms with E-state index >= 15 is 0 Å². The van der Waals surface area contributed by atoms with E-state index < -0.39 is 11.5 Å². The van der Waals surface area contributed by atoms with Crippen molar-refractivity contribution in [3.63, 3.8) is 0 Å². The standard InChI is InChI=1S/C15H22N2O3/c1-11(2)16-10-9-13(18)17-15(3,14(19)20)12-7-5-4-6-8-12/h4-8,11,16H,9-10H2,1-3H3,(H,17,18)(H,19,20). The lowest BCUT2D eigenvalue weighted by molar-refractivity contribution is -0.147. The highest BCUT2D eigenvalue weighted by Crippen LogP contribution is 2.20. The van der Waals surface area contributed by atoms with Crippen LogP contribution in [-0.2, 0) is 15.1 Å². The molecular weight excluding hydrogens is 256 g/mol. The maximum absolute atomic E-state index is 11.9. The smallest absolute Gasteiger partial charge is 0.333 e. The number of hydrogen-bond donors (Lipinski definition) is 3. The summed E-state index contributed by atoms with van der Waals surface area (Å²) in [6.45, 7) is 6.00. The zero-order valence-corrected chi connectivity index (χ0v) is 12.1. The van der Waals surface area contributed by atoms with Gasteiger partial charge in [-0.05, 0) is 12.5 Å². The van der Waals surface area contributed by atoms with Crippen LogP contribution in [0.15, 0.2) is 30.3 Å². The molecule has 1 atom stereocenters. The van der Waals surface area contributed by atoms with Crippen LogP contribution in [0, 0.1) is 0 Å². The van der Waals surface area contributed by atoms with E-state index in [9.17, 15) is 14.7 Å². The minimum Gasteiger partial charge on any atom is -0.479 e. The van der Waals surface area contributed by atoms with Crippen molar-refractivity contribution >= 4 is 11.9 Å². The zero-order valence-electron chi connectivity index (χ0n) is 12.1. The first-order valence-electron chi connectivity index (χ1n) is 6.69. The van der Waals surface area contributed by atoms with Gasteiger partial charge < -0.3 is 15.7 Å².